The smallest absolute Gasteiger partial charge is 0.227 e. The topological polar surface area (TPSA) is 29.5 Å². The molecular weight excluding hydrogens is 262 g/mol. The molecule has 3 nitrogen and oxygen atoms in total. The molecule has 4 heteroatoms. The average molecular weight is 284 g/mol. The van der Waals surface area contributed by atoms with E-state index in [-0.39, 0.29) is 5.91 Å². The summed E-state index contributed by atoms with van der Waals surface area (Å²) in [4.78, 5) is 14.2. The summed E-state index contributed by atoms with van der Waals surface area (Å²) >= 11 is 6.09. The Kier molecular flexibility index (Phi) is 6.89. The molecule has 0 N–H and O–H groups in total. The third-order valence-corrected chi connectivity index (χ3v) is 3.17. The van der Waals surface area contributed by atoms with Crippen LogP contribution in [0.2, 0.25) is 5.02 Å². The van der Waals surface area contributed by atoms with Crippen molar-refractivity contribution in [3.05, 3.63) is 34.9 Å². The predicted molar refractivity (Wildman–Crippen MR) is 78.5 cm³/mol. The number of carbonyl (C=O) groups is 1. The Morgan fingerprint density at radius 2 is 2.05 bits per heavy atom. The molecule has 1 aromatic rings. The van der Waals surface area contributed by atoms with Gasteiger partial charge < -0.3 is 9.64 Å². The van der Waals surface area contributed by atoms with E-state index in [1.807, 2.05) is 29.2 Å². The molecule has 0 bridgehead atoms. The van der Waals surface area contributed by atoms with Gasteiger partial charge in [-0.25, -0.2) is 0 Å². The summed E-state index contributed by atoms with van der Waals surface area (Å²) in [6, 6.07) is 7.47. The van der Waals surface area contributed by atoms with Gasteiger partial charge in [0.2, 0.25) is 5.91 Å². The maximum atomic E-state index is 12.3. The number of nitrogens with zero attached hydrogens (tertiary/aromatic N) is 1. The highest BCUT2D eigenvalue weighted by Crippen LogP contribution is 2.16. The maximum Gasteiger partial charge on any atom is 0.227 e. The van der Waals surface area contributed by atoms with Crippen LogP contribution in [-0.4, -0.2) is 37.6 Å². The molecule has 1 rings (SSSR count). The molecule has 0 saturated carbocycles. The number of hydrogen-bond donors (Lipinski definition) is 0. The Bertz CT molecular complexity index is 407. The molecule has 0 unspecified atom stereocenters. The third kappa shape index (κ3) is 5.62. The van der Waals surface area contributed by atoms with Crippen molar-refractivity contribution in [1.29, 1.82) is 0 Å². The zero-order valence-corrected chi connectivity index (χ0v) is 12.6. The fraction of sp³-hybridized carbons (Fsp3) is 0.533. The lowest BCUT2D eigenvalue weighted by Crippen LogP contribution is -2.37. The van der Waals surface area contributed by atoms with E-state index in [0.717, 1.165) is 12.1 Å². The second kappa shape index (κ2) is 8.18. The third-order valence-electron chi connectivity index (χ3n) is 2.80. The zero-order valence-electron chi connectivity index (χ0n) is 11.9. The first-order valence-corrected chi connectivity index (χ1v) is 6.92. The van der Waals surface area contributed by atoms with Crippen molar-refractivity contribution in [3.63, 3.8) is 0 Å². The van der Waals surface area contributed by atoms with E-state index < -0.39 is 0 Å². The van der Waals surface area contributed by atoms with E-state index in [1.54, 1.807) is 7.11 Å². The van der Waals surface area contributed by atoms with Crippen LogP contribution in [0.3, 0.4) is 0 Å². The highest BCUT2D eigenvalue weighted by Gasteiger charge is 2.16. The van der Waals surface area contributed by atoms with E-state index >= 15 is 0 Å². The van der Waals surface area contributed by atoms with Gasteiger partial charge in [0.05, 0.1) is 13.0 Å². The van der Waals surface area contributed by atoms with Crippen molar-refractivity contribution in [2.24, 2.45) is 5.92 Å². The average Bonchev–Trinajstić information content (AvgIpc) is 2.36. The molecule has 0 radical (unpaired) electrons. The predicted octanol–water partition coefficient (Wildman–Crippen LogP) is 3.01. The van der Waals surface area contributed by atoms with Gasteiger partial charge in [0.25, 0.3) is 0 Å². The van der Waals surface area contributed by atoms with Crippen molar-refractivity contribution in [2.45, 2.75) is 20.3 Å². The first-order chi connectivity index (χ1) is 9.04. The lowest BCUT2D eigenvalue weighted by Gasteiger charge is -2.24. The van der Waals surface area contributed by atoms with E-state index in [0.29, 0.717) is 30.5 Å². The van der Waals surface area contributed by atoms with Gasteiger partial charge in [0, 0.05) is 25.2 Å². The number of methoxy groups -OCH3 is 1. The SMILES string of the molecule is COCCN(CC(C)C)C(=O)Cc1ccccc1Cl. The monoisotopic (exact) mass is 283 g/mol. The van der Waals surface area contributed by atoms with Crippen LogP contribution < -0.4 is 0 Å². The summed E-state index contributed by atoms with van der Waals surface area (Å²) in [5, 5.41) is 0.645. The van der Waals surface area contributed by atoms with Crippen LogP contribution >= 0.6 is 11.6 Å². The number of carbonyl (C=O) groups excluding carboxylic acids is 1. The van der Waals surface area contributed by atoms with Crippen LogP contribution in [0, 0.1) is 5.92 Å². The minimum absolute atomic E-state index is 0.0962. The lowest BCUT2D eigenvalue weighted by molar-refractivity contribution is -0.131. The van der Waals surface area contributed by atoms with Crippen molar-refractivity contribution in [2.75, 3.05) is 26.8 Å². The highest BCUT2D eigenvalue weighted by atomic mass is 35.5. The minimum Gasteiger partial charge on any atom is -0.383 e. The van der Waals surface area contributed by atoms with Gasteiger partial charge in [-0.05, 0) is 17.5 Å². The number of benzene rings is 1. The molecule has 0 fully saturated rings. The summed E-state index contributed by atoms with van der Waals surface area (Å²) in [6.45, 7) is 6.12. The molecule has 0 aliphatic carbocycles. The summed E-state index contributed by atoms with van der Waals surface area (Å²) in [7, 11) is 1.64. The molecule has 0 aliphatic heterocycles. The Labute approximate surface area is 120 Å². The molecule has 1 amide bonds. The zero-order chi connectivity index (χ0) is 14.3. The van der Waals surface area contributed by atoms with Crippen LogP contribution in [-0.2, 0) is 16.0 Å². The van der Waals surface area contributed by atoms with Gasteiger partial charge >= 0.3 is 0 Å². The van der Waals surface area contributed by atoms with Gasteiger partial charge in [-0.2, -0.15) is 0 Å². The van der Waals surface area contributed by atoms with Gasteiger partial charge in [-0.15, -0.1) is 0 Å². The molecule has 0 aromatic heterocycles. The summed E-state index contributed by atoms with van der Waals surface area (Å²) < 4.78 is 5.06. The Morgan fingerprint density at radius 1 is 1.37 bits per heavy atom. The molecule has 0 atom stereocenters. The van der Waals surface area contributed by atoms with Crippen LogP contribution in [0.15, 0.2) is 24.3 Å². The molecule has 19 heavy (non-hydrogen) atoms. The normalized spacial score (nSPS) is 10.8. The van der Waals surface area contributed by atoms with E-state index in [9.17, 15) is 4.79 Å². The van der Waals surface area contributed by atoms with Gasteiger partial charge in [0.15, 0.2) is 0 Å². The second-order valence-electron chi connectivity index (χ2n) is 4.99. The summed E-state index contributed by atoms with van der Waals surface area (Å²) in [5.74, 6) is 0.533. The van der Waals surface area contributed by atoms with E-state index in [2.05, 4.69) is 13.8 Å². The Hall–Kier alpha value is -1.06. The van der Waals surface area contributed by atoms with Crippen molar-refractivity contribution in [1.82, 2.24) is 4.90 Å². The highest BCUT2D eigenvalue weighted by molar-refractivity contribution is 6.31. The van der Waals surface area contributed by atoms with Gasteiger partial charge in [-0.1, -0.05) is 43.6 Å². The largest absolute Gasteiger partial charge is 0.383 e. The number of amides is 1. The molecule has 0 heterocycles. The minimum atomic E-state index is 0.0962. The molecule has 0 saturated heterocycles. The maximum absolute atomic E-state index is 12.3. The Balaban J connectivity index is 2.68. The Morgan fingerprint density at radius 3 is 2.63 bits per heavy atom. The number of halogens is 1. The van der Waals surface area contributed by atoms with Crippen molar-refractivity contribution >= 4 is 17.5 Å². The van der Waals surface area contributed by atoms with Crippen LogP contribution in [0.5, 0.6) is 0 Å². The molecule has 106 valence electrons. The van der Waals surface area contributed by atoms with E-state index in [1.165, 1.54) is 0 Å². The molecule has 0 spiro atoms. The standard InChI is InChI=1S/C15H22ClNO2/c1-12(2)11-17(8-9-19-3)15(18)10-13-6-4-5-7-14(13)16/h4-7,12H,8-11H2,1-3H3. The second-order valence-corrected chi connectivity index (χ2v) is 5.40. The van der Waals surface area contributed by atoms with Crippen LogP contribution in [0.4, 0.5) is 0 Å². The number of ether oxygens (including phenoxy) is 1. The van der Waals surface area contributed by atoms with Crippen molar-refractivity contribution in [3.8, 4) is 0 Å². The van der Waals surface area contributed by atoms with Crippen molar-refractivity contribution < 1.29 is 9.53 Å². The number of rotatable bonds is 7. The molecule has 0 aliphatic rings. The van der Waals surface area contributed by atoms with Gasteiger partial charge in [0.1, 0.15) is 0 Å². The summed E-state index contributed by atoms with van der Waals surface area (Å²) in [5.41, 5.74) is 0.875. The number of hydrogen-bond acceptors (Lipinski definition) is 2. The van der Waals surface area contributed by atoms with E-state index in [4.69, 9.17) is 16.3 Å². The van der Waals surface area contributed by atoms with Gasteiger partial charge in [-0.3, -0.25) is 4.79 Å². The quantitative estimate of drug-likeness (QED) is 0.770. The fourth-order valence-electron chi connectivity index (χ4n) is 1.88. The molecular formula is C15H22ClNO2. The molecule has 1 aromatic carbocycles. The van der Waals surface area contributed by atoms with Crippen LogP contribution in [0.25, 0.3) is 0 Å². The lowest BCUT2D eigenvalue weighted by atomic mass is 10.1. The first kappa shape index (κ1) is 16.0. The van der Waals surface area contributed by atoms with Crippen LogP contribution in [0.1, 0.15) is 19.4 Å². The summed E-state index contributed by atoms with van der Waals surface area (Å²) in [6.07, 6.45) is 0.343. The first-order valence-electron chi connectivity index (χ1n) is 6.54. The fourth-order valence-corrected chi connectivity index (χ4v) is 2.08.